The van der Waals surface area contributed by atoms with Gasteiger partial charge in [0.05, 0.1) is 0 Å². The molecule has 0 bridgehead atoms. The van der Waals surface area contributed by atoms with Crippen LogP contribution in [-0.4, -0.2) is 11.5 Å². The molecular formula is C13H16N2. The summed E-state index contributed by atoms with van der Waals surface area (Å²) in [7, 11) is 0. The third-order valence-electron chi connectivity index (χ3n) is 3.37. The molecule has 0 amide bonds. The van der Waals surface area contributed by atoms with Gasteiger partial charge in [0.1, 0.15) is 0 Å². The average Bonchev–Trinajstić information content (AvgIpc) is 2.62. The first-order valence-electron chi connectivity index (χ1n) is 5.73. The molecule has 2 N–H and O–H groups in total. The van der Waals surface area contributed by atoms with Crippen LogP contribution in [0.2, 0.25) is 0 Å². The Kier molecular flexibility index (Phi) is 2.13. The molecule has 1 aromatic carbocycles. The van der Waals surface area contributed by atoms with Crippen molar-refractivity contribution in [2.75, 3.05) is 11.9 Å². The topological polar surface area (TPSA) is 27.8 Å². The summed E-state index contributed by atoms with van der Waals surface area (Å²) in [4.78, 5) is 3.21. The maximum absolute atomic E-state index is 3.51. The van der Waals surface area contributed by atoms with Gasteiger partial charge in [0.2, 0.25) is 0 Å². The lowest BCUT2D eigenvalue weighted by Crippen LogP contribution is -2.20. The molecule has 2 aromatic rings. The lowest BCUT2D eigenvalue weighted by molar-refractivity contribution is 0.333. The molecular weight excluding hydrogens is 184 g/mol. The zero-order chi connectivity index (χ0) is 10.1. The highest BCUT2D eigenvalue weighted by Gasteiger charge is 2.16. The van der Waals surface area contributed by atoms with Crippen LogP contribution >= 0.6 is 0 Å². The van der Waals surface area contributed by atoms with E-state index in [2.05, 4.69) is 34.6 Å². The van der Waals surface area contributed by atoms with Gasteiger partial charge in [-0.1, -0.05) is 6.42 Å². The molecule has 1 saturated carbocycles. The Labute approximate surface area is 89.7 Å². The largest absolute Gasteiger partial charge is 0.385 e. The van der Waals surface area contributed by atoms with Gasteiger partial charge in [-0.15, -0.1) is 0 Å². The highest BCUT2D eigenvalue weighted by atomic mass is 14.9. The van der Waals surface area contributed by atoms with Crippen molar-refractivity contribution in [3.63, 3.8) is 0 Å². The Morgan fingerprint density at radius 1 is 1.27 bits per heavy atom. The first-order valence-corrected chi connectivity index (χ1v) is 5.73. The third-order valence-corrected chi connectivity index (χ3v) is 3.37. The second-order valence-electron chi connectivity index (χ2n) is 4.46. The lowest BCUT2D eigenvalue weighted by Gasteiger charge is -2.25. The number of anilines is 1. The summed E-state index contributed by atoms with van der Waals surface area (Å²) in [6, 6.07) is 8.62. The van der Waals surface area contributed by atoms with Crippen molar-refractivity contribution in [2.45, 2.75) is 19.3 Å². The van der Waals surface area contributed by atoms with E-state index in [0.29, 0.717) is 0 Å². The van der Waals surface area contributed by atoms with Crippen molar-refractivity contribution in [3.8, 4) is 0 Å². The molecule has 1 aliphatic rings. The summed E-state index contributed by atoms with van der Waals surface area (Å²) in [5, 5.41) is 4.80. The van der Waals surface area contributed by atoms with Crippen LogP contribution in [0.1, 0.15) is 19.3 Å². The van der Waals surface area contributed by atoms with Crippen LogP contribution in [-0.2, 0) is 0 Å². The van der Waals surface area contributed by atoms with E-state index in [1.807, 2.05) is 6.20 Å². The molecule has 0 spiro atoms. The van der Waals surface area contributed by atoms with E-state index in [9.17, 15) is 0 Å². The molecule has 0 aliphatic heterocycles. The number of fused-ring (bicyclic) bond motifs is 1. The predicted molar refractivity (Wildman–Crippen MR) is 64.1 cm³/mol. The Bertz CT molecular complexity index is 454. The first kappa shape index (κ1) is 8.84. The maximum Gasteiger partial charge on any atom is 0.0455 e. The monoisotopic (exact) mass is 200 g/mol. The number of H-pyrrole nitrogens is 1. The zero-order valence-electron chi connectivity index (χ0n) is 8.79. The van der Waals surface area contributed by atoms with E-state index in [1.54, 1.807) is 0 Å². The molecule has 2 nitrogen and oxygen atoms in total. The molecule has 0 saturated heterocycles. The smallest absolute Gasteiger partial charge is 0.0455 e. The van der Waals surface area contributed by atoms with E-state index >= 15 is 0 Å². The molecule has 0 atom stereocenters. The van der Waals surface area contributed by atoms with Crippen LogP contribution in [0.3, 0.4) is 0 Å². The summed E-state index contributed by atoms with van der Waals surface area (Å²) in [5.41, 5.74) is 2.46. The summed E-state index contributed by atoms with van der Waals surface area (Å²) < 4.78 is 0. The first-order chi connectivity index (χ1) is 7.42. The van der Waals surface area contributed by atoms with Gasteiger partial charge in [0.25, 0.3) is 0 Å². The highest BCUT2D eigenvalue weighted by Crippen LogP contribution is 2.27. The minimum Gasteiger partial charge on any atom is -0.385 e. The number of hydrogen-bond donors (Lipinski definition) is 2. The van der Waals surface area contributed by atoms with Gasteiger partial charge in [0, 0.05) is 29.3 Å². The fourth-order valence-corrected chi connectivity index (χ4v) is 2.12. The minimum absolute atomic E-state index is 0.909. The predicted octanol–water partition coefficient (Wildman–Crippen LogP) is 3.38. The normalized spacial score (nSPS) is 16.5. The number of hydrogen-bond acceptors (Lipinski definition) is 1. The van der Waals surface area contributed by atoms with Crippen molar-refractivity contribution in [1.82, 2.24) is 4.98 Å². The SMILES string of the molecule is c1cc2cc(NCC3CCC3)ccc2[nH]1. The fourth-order valence-electron chi connectivity index (χ4n) is 2.12. The van der Waals surface area contributed by atoms with Gasteiger partial charge in [0.15, 0.2) is 0 Å². The van der Waals surface area contributed by atoms with Gasteiger partial charge in [-0.3, -0.25) is 0 Å². The molecule has 78 valence electrons. The summed E-state index contributed by atoms with van der Waals surface area (Å²) >= 11 is 0. The minimum atomic E-state index is 0.909. The van der Waals surface area contributed by atoms with Crippen LogP contribution < -0.4 is 5.32 Å². The van der Waals surface area contributed by atoms with Crippen molar-refractivity contribution in [2.24, 2.45) is 5.92 Å². The molecule has 2 heteroatoms. The highest BCUT2D eigenvalue weighted by molar-refractivity contribution is 5.82. The Hall–Kier alpha value is -1.44. The number of benzene rings is 1. The maximum atomic E-state index is 3.51. The zero-order valence-corrected chi connectivity index (χ0v) is 8.79. The van der Waals surface area contributed by atoms with Crippen LogP contribution in [0.5, 0.6) is 0 Å². The van der Waals surface area contributed by atoms with E-state index < -0.39 is 0 Å². The molecule has 15 heavy (non-hydrogen) atoms. The molecule has 1 aliphatic carbocycles. The summed E-state index contributed by atoms with van der Waals surface area (Å²) in [6.45, 7) is 1.13. The standard InChI is InChI=1S/C13H16N2/c1-2-10(3-1)9-15-12-4-5-13-11(8-12)6-7-14-13/h4-8,10,14-15H,1-3,9H2. The van der Waals surface area contributed by atoms with Crippen molar-refractivity contribution in [3.05, 3.63) is 30.5 Å². The van der Waals surface area contributed by atoms with Crippen LogP contribution in [0.4, 0.5) is 5.69 Å². The number of rotatable bonds is 3. The van der Waals surface area contributed by atoms with E-state index in [1.165, 1.54) is 35.9 Å². The van der Waals surface area contributed by atoms with Crippen molar-refractivity contribution < 1.29 is 0 Å². The Balaban J connectivity index is 1.72. The Morgan fingerprint density at radius 2 is 2.20 bits per heavy atom. The summed E-state index contributed by atoms with van der Waals surface area (Å²) in [5.74, 6) is 0.909. The molecule has 0 radical (unpaired) electrons. The molecule has 0 unspecified atom stereocenters. The molecule has 1 heterocycles. The number of aromatic nitrogens is 1. The summed E-state index contributed by atoms with van der Waals surface area (Å²) in [6.07, 6.45) is 6.21. The van der Waals surface area contributed by atoms with E-state index in [-0.39, 0.29) is 0 Å². The van der Waals surface area contributed by atoms with Crippen LogP contribution in [0.25, 0.3) is 10.9 Å². The second-order valence-corrected chi connectivity index (χ2v) is 4.46. The molecule has 1 aromatic heterocycles. The van der Waals surface area contributed by atoms with E-state index in [0.717, 1.165) is 12.5 Å². The van der Waals surface area contributed by atoms with Gasteiger partial charge in [-0.2, -0.15) is 0 Å². The van der Waals surface area contributed by atoms with E-state index in [4.69, 9.17) is 0 Å². The van der Waals surface area contributed by atoms with Gasteiger partial charge in [-0.05, 0) is 43.0 Å². The van der Waals surface area contributed by atoms with Crippen molar-refractivity contribution in [1.29, 1.82) is 0 Å². The lowest BCUT2D eigenvalue weighted by atomic mass is 9.85. The fraction of sp³-hybridized carbons (Fsp3) is 0.385. The Morgan fingerprint density at radius 3 is 3.00 bits per heavy atom. The van der Waals surface area contributed by atoms with Gasteiger partial charge < -0.3 is 10.3 Å². The van der Waals surface area contributed by atoms with Crippen LogP contribution in [0.15, 0.2) is 30.5 Å². The second kappa shape index (κ2) is 3.61. The third kappa shape index (κ3) is 1.72. The average molecular weight is 200 g/mol. The quantitative estimate of drug-likeness (QED) is 0.781. The molecule has 3 rings (SSSR count). The van der Waals surface area contributed by atoms with Crippen LogP contribution in [0, 0.1) is 5.92 Å². The van der Waals surface area contributed by atoms with Gasteiger partial charge >= 0.3 is 0 Å². The van der Waals surface area contributed by atoms with Crippen molar-refractivity contribution >= 4 is 16.6 Å². The van der Waals surface area contributed by atoms with Gasteiger partial charge in [-0.25, -0.2) is 0 Å². The number of nitrogens with one attached hydrogen (secondary N) is 2. The number of aromatic amines is 1. The molecule has 1 fully saturated rings.